The van der Waals surface area contributed by atoms with Gasteiger partial charge in [0, 0.05) is 12.7 Å². The van der Waals surface area contributed by atoms with Crippen LogP contribution in [0.5, 0.6) is 0 Å². The van der Waals surface area contributed by atoms with E-state index >= 15 is 0 Å². The Hall–Kier alpha value is -1.24. The van der Waals surface area contributed by atoms with Crippen molar-refractivity contribution in [3.63, 3.8) is 0 Å². The van der Waals surface area contributed by atoms with E-state index < -0.39 is 0 Å². The van der Waals surface area contributed by atoms with Crippen LogP contribution in [0.4, 0.5) is 5.69 Å². The zero-order valence-corrected chi connectivity index (χ0v) is 8.43. The maximum atomic E-state index is 3.78. The molecule has 0 radical (unpaired) electrons. The molecule has 0 saturated heterocycles. The predicted octanol–water partition coefficient (Wildman–Crippen LogP) is 3.32. The van der Waals surface area contributed by atoms with Crippen molar-refractivity contribution in [3.05, 3.63) is 35.9 Å². The van der Waals surface area contributed by atoms with Gasteiger partial charge in [-0.15, -0.1) is 0 Å². The maximum absolute atomic E-state index is 3.78. The molecule has 1 heteroatoms. The molecule has 1 aromatic rings. The van der Waals surface area contributed by atoms with Gasteiger partial charge in [-0.05, 0) is 23.6 Å². The summed E-state index contributed by atoms with van der Waals surface area (Å²) in [6, 6.07) is 6.48. The summed E-state index contributed by atoms with van der Waals surface area (Å²) in [6.45, 7) is 5.97. The van der Waals surface area contributed by atoms with Crippen molar-refractivity contribution in [2.45, 2.75) is 19.8 Å². The summed E-state index contributed by atoms with van der Waals surface area (Å²) in [6.07, 6.45) is 4.21. The summed E-state index contributed by atoms with van der Waals surface area (Å²) in [5.41, 5.74) is 3.72. The van der Waals surface area contributed by atoms with E-state index in [9.17, 15) is 0 Å². The molecule has 0 atom stereocenters. The van der Waals surface area contributed by atoms with E-state index in [2.05, 4.69) is 37.0 Å². The number of benzene rings is 1. The van der Waals surface area contributed by atoms with E-state index in [1.807, 2.05) is 13.1 Å². The van der Waals surface area contributed by atoms with Gasteiger partial charge in [0.25, 0.3) is 0 Å². The minimum absolute atomic E-state index is 1.14. The van der Waals surface area contributed by atoms with Crippen LogP contribution in [-0.2, 0) is 6.42 Å². The maximum Gasteiger partial charge on any atom is 0.0413 e. The van der Waals surface area contributed by atoms with Crippen molar-refractivity contribution < 1.29 is 0 Å². The summed E-state index contributed by atoms with van der Waals surface area (Å²) in [7, 11) is 1.94. The number of nitrogens with one attached hydrogen (secondary N) is 1. The second-order valence-corrected chi connectivity index (χ2v) is 3.13. The van der Waals surface area contributed by atoms with Crippen molar-refractivity contribution in [1.29, 1.82) is 0 Å². The molecule has 0 fully saturated rings. The Bertz CT molecular complexity index is 289. The molecule has 0 spiro atoms. The monoisotopic (exact) mass is 175 g/mol. The highest BCUT2D eigenvalue weighted by atomic mass is 14.8. The summed E-state index contributed by atoms with van der Waals surface area (Å²) >= 11 is 0. The van der Waals surface area contributed by atoms with Crippen molar-refractivity contribution in [3.8, 4) is 0 Å². The first kappa shape index (κ1) is 9.85. The average Bonchev–Trinajstić information content (AvgIpc) is 2.18. The van der Waals surface area contributed by atoms with Gasteiger partial charge in [-0.1, -0.05) is 38.1 Å². The lowest BCUT2D eigenvalue weighted by Gasteiger charge is -2.07. The van der Waals surface area contributed by atoms with Crippen molar-refractivity contribution in [1.82, 2.24) is 0 Å². The second kappa shape index (κ2) is 4.70. The Labute approximate surface area is 80.5 Å². The Morgan fingerprint density at radius 1 is 1.46 bits per heavy atom. The van der Waals surface area contributed by atoms with E-state index in [1.165, 1.54) is 23.2 Å². The minimum atomic E-state index is 1.14. The lowest BCUT2D eigenvalue weighted by atomic mass is 10.1. The van der Waals surface area contributed by atoms with Gasteiger partial charge in [0.2, 0.25) is 0 Å². The van der Waals surface area contributed by atoms with Gasteiger partial charge in [0.15, 0.2) is 0 Å². The molecule has 1 aromatic carbocycles. The Morgan fingerprint density at radius 2 is 2.23 bits per heavy atom. The molecule has 0 aliphatic rings. The quantitative estimate of drug-likeness (QED) is 0.740. The molecule has 0 amide bonds. The third kappa shape index (κ3) is 2.35. The molecule has 0 aromatic heterocycles. The third-order valence-corrected chi connectivity index (χ3v) is 2.15. The first-order valence-corrected chi connectivity index (χ1v) is 4.75. The van der Waals surface area contributed by atoms with Crippen LogP contribution in [0.15, 0.2) is 24.8 Å². The van der Waals surface area contributed by atoms with Gasteiger partial charge in [-0.25, -0.2) is 0 Å². The molecule has 1 nitrogen and oxygen atoms in total. The van der Waals surface area contributed by atoms with Crippen LogP contribution in [0.2, 0.25) is 0 Å². The molecule has 0 bridgehead atoms. The number of aryl methyl sites for hydroxylation is 1. The van der Waals surface area contributed by atoms with E-state index in [-0.39, 0.29) is 0 Å². The molecule has 0 heterocycles. The Morgan fingerprint density at radius 3 is 2.77 bits per heavy atom. The molecule has 13 heavy (non-hydrogen) atoms. The lowest BCUT2D eigenvalue weighted by molar-refractivity contribution is 0.922. The van der Waals surface area contributed by atoms with Crippen molar-refractivity contribution >= 4 is 11.8 Å². The van der Waals surface area contributed by atoms with Crippen molar-refractivity contribution in [2.75, 3.05) is 12.4 Å². The molecule has 0 unspecified atom stereocenters. The fourth-order valence-electron chi connectivity index (χ4n) is 1.44. The van der Waals surface area contributed by atoms with Crippen LogP contribution >= 0.6 is 0 Å². The summed E-state index contributed by atoms with van der Waals surface area (Å²) < 4.78 is 0. The first-order valence-electron chi connectivity index (χ1n) is 4.75. The Kier molecular flexibility index (Phi) is 3.56. The fourth-order valence-corrected chi connectivity index (χ4v) is 1.44. The first-order chi connectivity index (χ1) is 6.31. The zero-order valence-electron chi connectivity index (χ0n) is 8.43. The van der Waals surface area contributed by atoms with Gasteiger partial charge in [-0.3, -0.25) is 0 Å². The number of anilines is 1. The molecule has 0 saturated carbocycles. The van der Waals surface area contributed by atoms with E-state index in [0.29, 0.717) is 0 Å². The van der Waals surface area contributed by atoms with Crippen LogP contribution < -0.4 is 5.32 Å². The molecule has 1 rings (SSSR count). The summed E-state index contributed by atoms with van der Waals surface area (Å²) in [5.74, 6) is 0. The summed E-state index contributed by atoms with van der Waals surface area (Å²) in [5, 5.41) is 3.17. The number of hydrogen-bond acceptors (Lipinski definition) is 1. The SMILES string of the molecule is C=Cc1ccc(CCC)cc1NC. The van der Waals surface area contributed by atoms with Gasteiger partial charge in [0.1, 0.15) is 0 Å². The normalized spacial score (nSPS) is 9.69. The van der Waals surface area contributed by atoms with Crippen LogP contribution in [0, 0.1) is 0 Å². The number of hydrogen-bond donors (Lipinski definition) is 1. The van der Waals surface area contributed by atoms with Gasteiger partial charge >= 0.3 is 0 Å². The topological polar surface area (TPSA) is 12.0 Å². The second-order valence-electron chi connectivity index (χ2n) is 3.13. The van der Waals surface area contributed by atoms with Crippen LogP contribution in [-0.4, -0.2) is 7.05 Å². The molecule has 70 valence electrons. The molecule has 1 N–H and O–H groups in total. The van der Waals surface area contributed by atoms with E-state index in [0.717, 1.165) is 6.42 Å². The van der Waals surface area contributed by atoms with Crippen LogP contribution in [0.1, 0.15) is 24.5 Å². The minimum Gasteiger partial charge on any atom is -0.388 e. The van der Waals surface area contributed by atoms with Gasteiger partial charge in [0.05, 0.1) is 0 Å². The highest BCUT2D eigenvalue weighted by Gasteiger charge is 1.98. The average molecular weight is 175 g/mol. The highest BCUT2D eigenvalue weighted by Crippen LogP contribution is 2.19. The predicted molar refractivity (Wildman–Crippen MR) is 60.1 cm³/mol. The van der Waals surface area contributed by atoms with E-state index in [1.54, 1.807) is 0 Å². The number of rotatable bonds is 4. The van der Waals surface area contributed by atoms with Gasteiger partial charge in [-0.2, -0.15) is 0 Å². The van der Waals surface area contributed by atoms with Crippen LogP contribution in [0.25, 0.3) is 6.08 Å². The Balaban J connectivity index is 2.98. The molecule has 0 aliphatic heterocycles. The largest absolute Gasteiger partial charge is 0.388 e. The lowest BCUT2D eigenvalue weighted by Crippen LogP contribution is -1.93. The van der Waals surface area contributed by atoms with Crippen molar-refractivity contribution in [2.24, 2.45) is 0 Å². The summed E-state index contributed by atoms with van der Waals surface area (Å²) in [4.78, 5) is 0. The molecular formula is C12H17N. The van der Waals surface area contributed by atoms with Crippen LogP contribution in [0.3, 0.4) is 0 Å². The fraction of sp³-hybridized carbons (Fsp3) is 0.333. The zero-order chi connectivity index (χ0) is 9.68. The molecule has 0 aliphatic carbocycles. The highest BCUT2D eigenvalue weighted by molar-refractivity contribution is 5.66. The third-order valence-electron chi connectivity index (χ3n) is 2.15. The molecular weight excluding hydrogens is 158 g/mol. The van der Waals surface area contributed by atoms with Gasteiger partial charge < -0.3 is 5.32 Å². The standard InChI is InChI=1S/C12H17N/c1-4-6-10-7-8-11(5-2)12(9-10)13-3/h5,7-9,13H,2,4,6H2,1,3H3. The van der Waals surface area contributed by atoms with E-state index in [4.69, 9.17) is 0 Å². The smallest absolute Gasteiger partial charge is 0.0413 e.